The number of carbonyl (C=O) groups is 1. The standard InChI is InChI=1S/C16H20N4O/c1-12(18-15-6-8-19(2)16(15)21)13-4-3-5-14(10-13)20-9-7-17-11-20/h3-5,7,9-12,15,18H,6,8H2,1-2H3/t12-,15+/m0/s1. The number of nitrogens with one attached hydrogen (secondary N) is 1. The minimum absolute atomic E-state index is 0.0677. The van der Waals surface area contributed by atoms with Crippen LogP contribution in [0, 0.1) is 0 Å². The first-order valence-electron chi connectivity index (χ1n) is 7.24. The Morgan fingerprint density at radius 3 is 2.95 bits per heavy atom. The summed E-state index contributed by atoms with van der Waals surface area (Å²) < 4.78 is 1.98. The molecule has 1 aliphatic rings. The molecule has 1 saturated heterocycles. The minimum Gasteiger partial charge on any atom is -0.344 e. The molecule has 0 bridgehead atoms. The van der Waals surface area contributed by atoms with Gasteiger partial charge in [-0.2, -0.15) is 0 Å². The summed E-state index contributed by atoms with van der Waals surface area (Å²) in [5.41, 5.74) is 2.25. The number of carbonyl (C=O) groups excluding carboxylic acids is 1. The van der Waals surface area contributed by atoms with Crippen molar-refractivity contribution < 1.29 is 4.79 Å². The van der Waals surface area contributed by atoms with Crippen LogP contribution in [0.3, 0.4) is 0 Å². The smallest absolute Gasteiger partial charge is 0.239 e. The summed E-state index contributed by atoms with van der Waals surface area (Å²) in [6.45, 7) is 2.93. The summed E-state index contributed by atoms with van der Waals surface area (Å²) in [4.78, 5) is 17.8. The summed E-state index contributed by atoms with van der Waals surface area (Å²) in [6.07, 6.45) is 6.35. The van der Waals surface area contributed by atoms with Crippen molar-refractivity contribution >= 4 is 5.91 Å². The molecule has 0 unspecified atom stereocenters. The van der Waals surface area contributed by atoms with Crippen molar-refractivity contribution in [2.45, 2.75) is 25.4 Å². The number of likely N-dealkylation sites (tertiary alicyclic amines) is 1. The van der Waals surface area contributed by atoms with E-state index in [-0.39, 0.29) is 18.0 Å². The maximum Gasteiger partial charge on any atom is 0.239 e. The van der Waals surface area contributed by atoms with Gasteiger partial charge in [-0.25, -0.2) is 4.98 Å². The van der Waals surface area contributed by atoms with Gasteiger partial charge >= 0.3 is 0 Å². The number of hydrogen-bond acceptors (Lipinski definition) is 3. The molecule has 1 fully saturated rings. The quantitative estimate of drug-likeness (QED) is 0.930. The summed E-state index contributed by atoms with van der Waals surface area (Å²) >= 11 is 0. The van der Waals surface area contributed by atoms with E-state index in [4.69, 9.17) is 0 Å². The molecule has 1 amide bonds. The fraction of sp³-hybridized carbons (Fsp3) is 0.375. The Bertz CT molecular complexity index is 623. The summed E-state index contributed by atoms with van der Waals surface area (Å²) in [5.74, 6) is 0.188. The molecule has 0 spiro atoms. The topological polar surface area (TPSA) is 50.2 Å². The van der Waals surface area contributed by atoms with E-state index in [0.29, 0.717) is 0 Å². The lowest BCUT2D eigenvalue weighted by Crippen LogP contribution is -2.38. The molecular formula is C16H20N4O. The van der Waals surface area contributed by atoms with Gasteiger partial charge in [0.2, 0.25) is 5.91 Å². The maximum atomic E-state index is 12.0. The van der Waals surface area contributed by atoms with E-state index in [0.717, 1.165) is 18.7 Å². The summed E-state index contributed by atoms with van der Waals surface area (Å²) in [7, 11) is 1.86. The maximum absolute atomic E-state index is 12.0. The van der Waals surface area contributed by atoms with Gasteiger partial charge in [0.15, 0.2) is 0 Å². The predicted molar refractivity (Wildman–Crippen MR) is 81.2 cm³/mol. The molecule has 110 valence electrons. The first-order valence-corrected chi connectivity index (χ1v) is 7.24. The van der Waals surface area contributed by atoms with Crippen LogP contribution in [0.1, 0.15) is 24.9 Å². The monoisotopic (exact) mass is 284 g/mol. The molecule has 2 aromatic rings. The van der Waals surface area contributed by atoms with Crippen LogP contribution >= 0.6 is 0 Å². The number of nitrogens with zero attached hydrogens (tertiary/aromatic N) is 3. The highest BCUT2D eigenvalue weighted by Crippen LogP contribution is 2.19. The van der Waals surface area contributed by atoms with Crippen LogP contribution in [-0.4, -0.2) is 40.0 Å². The number of likely N-dealkylation sites (N-methyl/N-ethyl adjacent to an activating group) is 1. The van der Waals surface area contributed by atoms with Gasteiger partial charge in [0.05, 0.1) is 12.4 Å². The van der Waals surface area contributed by atoms with Crippen molar-refractivity contribution in [1.82, 2.24) is 19.8 Å². The second-order valence-electron chi connectivity index (χ2n) is 5.55. The Hall–Kier alpha value is -2.14. The average Bonchev–Trinajstić information content (AvgIpc) is 3.13. The Morgan fingerprint density at radius 2 is 2.29 bits per heavy atom. The fourth-order valence-electron chi connectivity index (χ4n) is 2.74. The van der Waals surface area contributed by atoms with E-state index in [1.54, 1.807) is 17.4 Å². The van der Waals surface area contributed by atoms with Crippen LogP contribution in [0.2, 0.25) is 0 Å². The Morgan fingerprint density at radius 1 is 1.43 bits per heavy atom. The second kappa shape index (κ2) is 5.69. The number of aromatic nitrogens is 2. The van der Waals surface area contributed by atoms with Crippen molar-refractivity contribution in [2.24, 2.45) is 0 Å². The molecule has 3 rings (SSSR count). The zero-order valence-corrected chi connectivity index (χ0v) is 12.4. The van der Waals surface area contributed by atoms with Crippen LogP contribution in [0.4, 0.5) is 0 Å². The number of benzene rings is 1. The molecule has 1 aliphatic heterocycles. The number of rotatable bonds is 4. The van der Waals surface area contributed by atoms with Gasteiger partial charge in [-0.15, -0.1) is 0 Å². The van der Waals surface area contributed by atoms with Crippen molar-refractivity contribution in [2.75, 3.05) is 13.6 Å². The molecule has 1 aromatic heterocycles. The van der Waals surface area contributed by atoms with Gasteiger partial charge in [-0.05, 0) is 31.0 Å². The highest BCUT2D eigenvalue weighted by molar-refractivity contribution is 5.83. The SMILES string of the molecule is C[C@H](N[C@@H]1CCN(C)C1=O)c1cccc(-n2ccnc2)c1. The highest BCUT2D eigenvalue weighted by atomic mass is 16.2. The third-order valence-corrected chi connectivity index (χ3v) is 4.05. The zero-order valence-electron chi connectivity index (χ0n) is 12.4. The molecule has 5 nitrogen and oxygen atoms in total. The summed E-state index contributed by atoms with van der Waals surface area (Å²) in [6, 6.07) is 8.36. The minimum atomic E-state index is -0.0677. The largest absolute Gasteiger partial charge is 0.344 e. The van der Waals surface area contributed by atoms with Crippen LogP contribution in [0.15, 0.2) is 43.0 Å². The van der Waals surface area contributed by atoms with Crippen molar-refractivity contribution in [3.63, 3.8) is 0 Å². The molecule has 2 atom stereocenters. The van der Waals surface area contributed by atoms with E-state index in [2.05, 4.69) is 29.4 Å². The Kier molecular flexibility index (Phi) is 3.75. The van der Waals surface area contributed by atoms with Gasteiger partial charge in [0, 0.05) is 37.7 Å². The lowest BCUT2D eigenvalue weighted by atomic mass is 10.1. The van der Waals surface area contributed by atoms with Crippen LogP contribution in [0.25, 0.3) is 5.69 Å². The van der Waals surface area contributed by atoms with Gasteiger partial charge in [-0.1, -0.05) is 12.1 Å². The van der Waals surface area contributed by atoms with Crippen LogP contribution in [-0.2, 0) is 4.79 Å². The zero-order chi connectivity index (χ0) is 14.8. The Labute approximate surface area is 124 Å². The van der Waals surface area contributed by atoms with Gasteiger partial charge in [0.1, 0.15) is 0 Å². The van der Waals surface area contributed by atoms with Gasteiger partial charge < -0.3 is 9.47 Å². The third-order valence-electron chi connectivity index (χ3n) is 4.05. The van der Waals surface area contributed by atoms with Crippen molar-refractivity contribution in [3.05, 3.63) is 48.5 Å². The molecule has 1 N–H and O–H groups in total. The molecule has 0 aliphatic carbocycles. The first-order chi connectivity index (χ1) is 10.1. The number of hydrogen-bond donors (Lipinski definition) is 1. The van der Waals surface area contributed by atoms with E-state index in [1.165, 1.54) is 5.56 Å². The second-order valence-corrected chi connectivity index (χ2v) is 5.55. The molecule has 0 saturated carbocycles. The van der Waals surface area contributed by atoms with Gasteiger partial charge in [0.25, 0.3) is 0 Å². The highest BCUT2D eigenvalue weighted by Gasteiger charge is 2.29. The first kappa shape index (κ1) is 13.8. The van der Waals surface area contributed by atoms with E-state index < -0.39 is 0 Å². The van der Waals surface area contributed by atoms with E-state index in [1.807, 2.05) is 29.9 Å². The number of amides is 1. The lowest BCUT2D eigenvalue weighted by molar-refractivity contribution is -0.128. The summed E-state index contributed by atoms with van der Waals surface area (Å²) in [5, 5.41) is 3.43. The normalized spacial score (nSPS) is 20.0. The van der Waals surface area contributed by atoms with E-state index in [9.17, 15) is 4.79 Å². The average molecular weight is 284 g/mol. The predicted octanol–water partition coefficient (Wildman–Crippen LogP) is 1.75. The third kappa shape index (κ3) is 2.83. The van der Waals surface area contributed by atoms with Gasteiger partial charge in [-0.3, -0.25) is 10.1 Å². The molecule has 2 heterocycles. The van der Waals surface area contributed by atoms with Crippen molar-refractivity contribution in [3.8, 4) is 5.69 Å². The molecule has 21 heavy (non-hydrogen) atoms. The van der Waals surface area contributed by atoms with Crippen LogP contribution < -0.4 is 5.32 Å². The molecule has 0 radical (unpaired) electrons. The lowest BCUT2D eigenvalue weighted by Gasteiger charge is -2.19. The fourth-order valence-corrected chi connectivity index (χ4v) is 2.74. The van der Waals surface area contributed by atoms with Crippen LogP contribution in [0.5, 0.6) is 0 Å². The van der Waals surface area contributed by atoms with E-state index >= 15 is 0 Å². The number of imidazole rings is 1. The van der Waals surface area contributed by atoms with Crippen molar-refractivity contribution in [1.29, 1.82) is 0 Å². The Balaban J connectivity index is 1.74. The molecular weight excluding hydrogens is 264 g/mol. The molecule has 1 aromatic carbocycles. The molecule has 5 heteroatoms.